The van der Waals surface area contributed by atoms with Crippen molar-refractivity contribution in [3.8, 4) is 16.9 Å². The van der Waals surface area contributed by atoms with Gasteiger partial charge in [0, 0.05) is 49.8 Å². The first-order valence-electron chi connectivity index (χ1n) is 23.1. The second kappa shape index (κ2) is 17.8. The molecule has 0 N–H and O–H groups in total. The predicted molar refractivity (Wildman–Crippen MR) is 268 cm³/mol. The molecule has 1 aliphatic heterocycles. The van der Waals surface area contributed by atoms with E-state index in [1.54, 1.807) is 12.3 Å². The zero-order valence-corrected chi connectivity index (χ0v) is 42.4. The third-order valence-corrected chi connectivity index (χ3v) is 13.4. The monoisotopic (exact) mass is 1070 g/mol. The van der Waals surface area contributed by atoms with Gasteiger partial charge in [0.05, 0.1) is 5.56 Å². The molecular weight excluding hydrogens is 1020 g/mol. The summed E-state index contributed by atoms with van der Waals surface area (Å²) in [5.74, 6) is 1.38. The van der Waals surface area contributed by atoms with Crippen LogP contribution in [0.15, 0.2) is 128 Å². The van der Waals surface area contributed by atoms with Gasteiger partial charge < -0.3 is 14.4 Å². The molecule has 0 saturated carbocycles. The Morgan fingerprint density at radius 2 is 1.24 bits per heavy atom. The summed E-state index contributed by atoms with van der Waals surface area (Å²) in [5, 5.41) is 1.50. The Morgan fingerprint density at radius 1 is 0.597 bits per heavy atom. The number of hydrogen-bond acceptors (Lipinski definition) is 3. The number of hydrogen-bond donors (Lipinski definition) is 0. The number of benzene rings is 6. The average Bonchev–Trinajstić information content (AvgIpc) is 3.84. The van der Waals surface area contributed by atoms with Gasteiger partial charge in [-0.15, -0.1) is 17.7 Å². The molecule has 0 unspecified atom stereocenters. The Morgan fingerprint density at radius 3 is 1.88 bits per heavy atom. The second-order valence-corrected chi connectivity index (χ2v) is 20.4. The Balaban J connectivity index is 0.00000608. The molecule has 8 aromatic rings. The second-order valence-electron chi connectivity index (χ2n) is 20.4. The van der Waals surface area contributed by atoms with Crippen LogP contribution in [0.4, 0.5) is 35.9 Å². The van der Waals surface area contributed by atoms with E-state index in [-0.39, 0.29) is 38.3 Å². The van der Waals surface area contributed by atoms with Gasteiger partial charge in [-0.2, -0.15) is 66.8 Å². The van der Waals surface area contributed by atoms with Crippen LogP contribution in [0.2, 0.25) is 0 Å². The van der Waals surface area contributed by atoms with Crippen molar-refractivity contribution in [1.82, 2.24) is 9.55 Å². The van der Waals surface area contributed by atoms with Crippen LogP contribution in [-0.4, -0.2) is 9.55 Å². The van der Waals surface area contributed by atoms with Crippen LogP contribution in [0.3, 0.4) is 0 Å². The number of aromatic nitrogens is 2. The molecule has 4 nitrogen and oxygen atoms in total. The van der Waals surface area contributed by atoms with Crippen LogP contribution in [0.1, 0.15) is 133 Å². The molecule has 6 aromatic carbocycles. The minimum Gasteiger partial charge on any atom is -0.493 e. The maximum Gasteiger partial charge on any atom is 0.416 e. The van der Waals surface area contributed by atoms with E-state index in [0.717, 1.165) is 50.4 Å². The molecule has 3 heterocycles. The standard InChI is InChI=1S/C59H58F3N4.Pt/c1-36(2)40-28-49(37(3)4)56(50(29-40)38(5)6)39-26-27-63-55(30-39)66-53-33-43(22-24-47(53)48-25-23-44(34-54(48)66)59(60,61)62)58(10,11)42-17-15-19-46(32-42)65-35-64(51-20-12-13-21-52(51)65)45-18-14-16-41(31-45)57(7,8)9;/h12-31,34-38H,1-11H3;/q-3;. The van der Waals surface area contributed by atoms with Gasteiger partial charge >= 0.3 is 6.18 Å². The van der Waals surface area contributed by atoms with Crippen LogP contribution in [0, 0.1) is 18.8 Å². The largest absolute Gasteiger partial charge is 0.493 e. The third kappa shape index (κ3) is 8.74. The fourth-order valence-electron chi connectivity index (χ4n) is 9.44. The van der Waals surface area contributed by atoms with Crippen molar-refractivity contribution >= 4 is 44.6 Å². The van der Waals surface area contributed by atoms with Gasteiger partial charge in [-0.1, -0.05) is 130 Å². The first kappa shape index (κ1) is 47.8. The zero-order valence-electron chi connectivity index (χ0n) is 40.2. The summed E-state index contributed by atoms with van der Waals surface area (Å²) in [6, 6.07) is 47.7. The summed E-state index contributed by atoms with van der Waals surface area (Å²) in [6.45, 7) is 26.4. The van der Waals surface area contributed by atoms with Crippen molar-refractivity contribution in [3.05, 3.63) is 185 Å². The smallest absolute Gasteiger partial charge is 0.416 e. The number of fused-ring (bicyclic) bond motifs is 4. The van der Waals surface area contributed by atoms with Crippen molar-refractivity contribution in [1.29, 1.82) is 0 Å². The molecule has 2 aromatic heterocycles. The first-order valence-corrected chi connectivity index (χ1v) is 23.1. The maximum absolute atomic E-state index is 14.5. The van der Waals surface area contributed by atoms with Crippen molar-refractivity contribution in [3.63, 3.8) is 0 Å². The van der Waals surface area contributed by atoms with Gasteiger partial charge in [-0.3, -0.25) is 0 Å². The van der Waals surface area contributed by atoms with Gasteiger partial charge in [0.1, 0.15) is 5.82 Å². The van der Waals surface area contributed by atoms with Crippen molar-refractivity contribution in [2.45, 2.75) is 111 Å². The average molecular weight is 1080 g/mol. The van der Waals surface area contributed by atoms with E-state index in [4.69, 9.17) is 4.98 Å². The van der Waals surface area contributed by atoms with Gasteiger partial charge in [-0.25, -0.2) is 4.98 Å². The number of alkyl halides is 3. The van der Waals surface area contributed by atoms with E-state index in [9.17, 15) is 13.2 Å². The molecule has 348 valence electrons. The van der Waals surface area contributed by atoms with Gasteiger partial charge in [0.2, 0.25) is 0 Å². The van der Waals surface area contributed by atoms with Crippen LogP contribution < -0.4 is 9.80 Å². The Labute approximate surface area is 409 Å². The number of anilines is 4. The molecule has 8 heteroatoms. The van der Waals surface area contributed by atoms with Crippen molar-refractivity contribution in [2.75, 3.05) is 9.80 Å². The van der Waals surface area contributed by atoms with Crippen molar-refractivity contribution < 1.29 is 34.2 Å². The maximum atomic E-state index is 14.5. The molecule has 0 amide bonds. The minimum atomic E-state index is -4.53. The van der Waals surface area contributed by atoms with Gasteiger partial charge in [0.15, 0.2) is 0 Å². The third-order valence-electron chi connectivity index (χ3n) is 13.4. The van der Waals surface area contributed by atoms with Gasteiger partial charge in [0.25, 0.3) is 0 Å². The van der Waals surface area contributed by atoms with E-state index < -0.39 is 17.2 Å². The van der Waals surface area contributed by atoms with Crippen LogP contribution in [0.25, 0.3) is 38.8 Å². The van der Waals surface area contributed by atoms with Crippen LogP contribution >= 0.6 is 0 Å². The number of pyridine rings is 1. The van der Waals surface area contributed by atoms with E-state index in [1.165, 1.54) is 34.4 Å². The van der Waals surface area contributed by atoms with Crippen molar-refractivity contribution in [2.24, 2.45) is 0 Å². The number of para-hydroxylation sites is 2. The number of rotatable bonds is 9. The first-order chi connectivity index (χ1) is 31.2. The Bertz CT molecular complexity index is 3100. The quantitative estimate of drug-likeness (QED) is 0.135. The molecule has 0 saturated heterocycles. The Kier molecular flexibility index (Phi) is 12.7. The van der Waals surface area contributed by atoms with Gasteiger partial charge in [-0.05, 0) is 110 Å². The normalized spacial score (nSPS) is 13.4. The molecule has 1 aliphatic rings. The number of halogens is 3. The molecule has 9 rings (SSSR count). The van der Waals surface area contributed by atoms with E-state index >= 15 is 0 Å². The molecule has 0 radical (unpaired) electrons. The predicted octanol–water partition coefficient (Wildman–Crippen LogP) is 16.9. The molecule has 0 fully saturated rings. The molecule has 0 aliphatic carbocycles. The fraction of sp³-hybridized carbons (Fsp3) is 0.288. The molecular formula is C59H58F3N4Pt-3. The summed E-state index contributed by atoms with van der Waals surface area (Å²) in [6.07, 6.45) is -2.75. The molecule has 0 bridgehead atoms. The number of nitrogens with zero attached hydrogens (tertiary/aromatic N) is 4. The SMILES string of the molecule is CC(C)c1cc(C(C)C)c(-c2ccnc(-n3c4[c-]c(C(C)(C)c5[c-]c(N6[CH-]N(c7cccc(C(C)(C)C)c7)c7ccccc76)ccc5)ccc4c4ccc(C(F)(F)F)cc43)c2)c(C(C)C)c1.[Pt]. The zero-order chi connectivity index (χ0) is 47.0. The molecule has 0 atom stereocenters. The molecule has 0 spiro atoms. The van der Waals surface area contributed by atoms with Crippen LogP contribution in [0.5, 0.6) is 0 Å². The van der Waals surface area contributed by atoms with E-state index in [1.807, 2.05) is 22.8 Å². The van der Waals surface area contributed by atoms with E-state index in [2.05, 4.69) is 190 Å². The topological polar surface area (TPSA) is 24.3 Å². The fourth-order valence-corrected chi connectivity index (χ4v) is 9.44. The summed E-state index contributed by atoms with van der Waals surface area (Å²) in [7, 11) is 0. The van der Waals surface area contributed by atoms with Crippen LogP contribution in [-0.2, 0) is 38.1 Å². The Hall–Kier alpha value is -5.65. The molecule has 67 heavy (non-hydrogen) atoms. The summed E-state index contributed by atoms with van der Waals surface area (Å²) in [4.78, 5) is 9.33. The summed E-state index contributed by atoms with van der Waals surface area (Å²) in [5.41, 5.74) is 12.9. The van der Waals surface area contributed by atoms with E-state index in [0.29, 0.717) is 28.2 Å². The summed E-state index contributed by atoms with van der Waals surface area (Å²) < 4.78 is 45.3. The minimum absolute atomic E-state index is 0. The summed E-state index contributed by atoms with van der Waals surface area (Å²) >= 11 is 0.